The van der Waals surface area contributed by atoms with Crippen molar-refractivity contribution < 1.29 is 14.3 Å². The van der Waals surface area contributed by atoms with E-state index in [2.05, 4.69) is 28.6 Å². The molecule has 152 valence electrons. The van der Waals surface area contributed by atoms with Crippen molar-refractivity contribution in [2.45, 2.75) is 38.8 Å². The fourth-order valence-corrected chi connectivity index (χ4v) is 3.74. The summed E-state index contributed by atoms with van der Waals surface area (Å²) in [6.07, 6.45) is 5.73. The molecule has 0 aliphatic heterocycles. The molecule has 1 aromatic heterocycles. The minimum Gasteiger partial charge on any atom is -0.478 e. The van der Waals surface area contributed by atoms with Gasteiger partial charge < -0.3 is 15.7 Å². The van der Waals surface area contributed by atoms with Crippen LogP contribution in [0.25, 0.3) is 0 Å². The first-order chi connectivity index (χ1) is 13.9. The van der Waals surface area contributed by atoms with Crippen molar-refractivity contribution >= 4 is 34.9 Å². The molecule has 0 saturated carbocycles. The van der Waals surface area contributed by atoms with Crippen LogP contribution in [0.2, 0.25) is 5.02 Å². The molecule has 1 heterocycles. The Morgan fingerprint density at radius 2 is 2.21 bits per heavy atom. The van der Waals surface area contributed by atoms with Crippen LogP contribution >= 0.6 is 23.8 Å². The lowest BCUT2D eigenvalue weighted by molar-refractivity contribution is 0.0696. The van der Waals surface area contributed by atoms with Crippen LogP contribution in [0.1, 0.15) is 53.0 Å². The highest BCUT2D eigenvalue weighted by Crippen LogP contribution is 2.30. The molecule has 5 nitrogen and oxygen atoms in total. The minimum absolute atomic E-state index is 0.0220. The van der Waals surface area contributed by atoms with E-state index in [4.69, 9.17) is 28.9 Å². The predicted octanol–water partition coefficient (Wildman–Crippen LogP) is 4.56. The third kappa shape index (κ3) is 5.10. The lowest BCUT2D eigenvalue weighted by atomic mass is 9.99. The van der Waals surface area contributed by atoms with Gasteiger partial charge in [0.25, 0.3) is 0 Å². The Kier molecular flexibility index (Phi) is 6.82. The molecule has 0 radical (unpaired) electrons. The van der Waals surface area contributed by atoms with Crippen LogP contribution in [-0.4, -0.2) is 21.2 Å². The van der Waals surface area contributed by atoms with Crippen molar-refractivity contribution in [2.75, 3.05) is 0 Å². The highest BCUT2D eigenvalue weighted by atomic mass is 35.5. The molecule has 29 heavy (non-hydrogen) atoms. The van der Waals surface area contributed by atoms with E-state index in [9.17, 15) is 9.18 Å². The fourth-order valence-electron chi connectivity index (χ4n) is 3.31. The molecule has 1 aromatic carbocycles. The summed E-state index contributed by atoms with van der Waals surface area (Å²) < 4.78 is 14.3. The molecule has 8 heteroatoms. The average molecular weight is 434 g/mol. The van der Waals surface area contributed by atoms with E-state index in [0.29, 0.717) is 22.8 Å². The molecule has 3 N–H and O–H groups in total. The first-order valence-electron chi connectivity index (χ1n) is 9.28. The number of hydrogen-bond acceptors (Lipinski definition) is 3. The van der Waals surface area contributed by atoms with Crippen LogP contribution in [0, 0.1) is 5.82 Å². The Bertz CT molecular complexity index is 980. The summed E-state index contributed by atoms with van der Waals surface area (Å²) >= 11 is 11.5. The first-order valence-corrected chi connectivity index (χ1v) is 10.1. The maximum Gasteiger partial charge on any atom is 0.337 e. The molecule has 1 unspecified atom stereocenters. The SMILES string of the molecule is CCC1=CC(NC(=S)NCc2ncc(C(=O)O)cc2Cl)c2cccc(F)c2CC1. The molecule has 0 saturated heterocycles. The minimum atomic E-state index is -1.09. The van der Waals surface area contributed by atoms with Gasteiger partial charge in [0.1, 0.15) is 5.82 Å². The largest absolute Gasteiger partial charge is 0.478 e. The van der Waals surface area contributed by atoms with Crippen molar-refractivity contribution in [3.63, 3.8) is 0 Å². The lowest BCUT2D eigenvalue weighted by Gasteiger charge is -2.20. The number of pyridine rings is 1. The second-order valence-corrected chi connectivity index (χ2v) is 7.56. The van der Waals surface area contributed by atoms with Gasteiger partial charge in [-0.15, -0.1) is 0 Å². The predicted molar refractivity (Wildman–Crippen MR) is 115 cm³/mol. The summed E-state index contributed by atoms with van der Waals surface area (Å²) in [6.45, 7) is 2.32. The summed E-state index contributed by atoms with van der Waals surface area (Å²) in [7, 11) is 0. The van der Waals surface area contributed by atoms with Crippen LogP contribution in [-0.2, 0) is 13.0 Å². The van der Waals surface area contributed by atoms with Crippen LogP contribution in [0.4, 0.5) is 4.39 Å². The summed E-state index contributed by atoms with van der Waals surface area (Å²) in [5.74, 6) is -1.29. The van der Waals surface area contributed by atoms with Gasteiger partial charge in [0.15, 0.2) is 5.11 Å². The zero-order valence-electron chi connectivity index (χ0n) is 15.8. The van der Waals surface area contributed by atoms with Gasteiger partial charge in [-0.05, 0) is 54.7 Å². The number of allylic oxidation sites excluding steroid dienone is 1. The number of benzene rings is 1. The molecule has 1 aliphatic carbocycles. The highest BCUT2D eigenvalue weighted by Gasteiger charge is 2.21. The van der Waals surface area contributed by atoms with Gasteiger partial charge in [0.05, 0.1) is 28.9 Å². The van der Waals surface area contributed by atoms with E-state index in [-0.39, 0.29) is 29.0 Å². The van der Waals surface area contributed by atoms with E-state index in [1.807, 2.05) is 6.07 Å². The lowest BCUT2D eigenvalue weighted by Crippen LogP contribution is -2.37. The molecule has 1 atom stereocenters. The van der Waals surface area contributed by atoms with E-state index in [1.165, 1.54) is 23.9 Å². The highest BCUT2D eigenvalue weighted by molar-refractivity contribution is 7.80. The number of aromatic nitrogens is 1. The number of rotatable bonds is 5. The number of carbonyl (C=O) groups is 1. The normalized spacial score (nSPS) is 15.7. The topological polar surface area (TPSA) is 74.2 Å². The third-order valence-corrected chi connectivity index (χ3v) is 5.50. The van der Waals surface area contributed by atoms with Gasteiger partial charge in [-0.25, -0.2) is 9.18 Å². The standard InChI is InChI=1S/C21H21ClFN3O2S/c1-2-12-6-7-14-15(4-3-5-17(14)23)18(8-12)26-21(29)25-11-19-16(22)9-13(10-24-19)20(27)28/h3-5,8-10,18H,2,6-7,11H2,1H3,(H,27,28)(H2,25,26,29). The van der Waals surface area contributed by atoms with Gasteiger partial charge in [-0.1, -0.05) is 42.3 Å². The summed E-state index contributed by atoms with van der Waals surface area (Å²) in [5, 5.41) is 15.9. The molecule has 0 amide bonds. The quantitative estimate of drug-likeness (QED) is 0.474. The fraction of sp³-hybridized carbons (Fsp3) is 0.286. The van der Waals surface area contributed by atoms with Gasteiger partial charge >= 0.3 is 5.97 Å². The number of carboxylic acid groups (broad SMARTS) is 1. The molecule has 3 rings (SSSR count). The number of nitrogens with one attached hydrogen (secondary N) is 2. The summed E-state index contributed by atoms with van der Waals surface area (Å²) in [5.41, 5.74) is 3.34. The van der Waals surface area contributed by atoms with Crippen LogP contribution in [0.5, 0.6) is 0 Å². The van der Waals surface area contributed by atoms with Crippen molar-refractivity contribution in [3.8, 4) is 0 Å². The number of carboxylic acids is 1. The number of fused-ring (bicyclic) bond motifs is 1. The monoisotopic (exact) mass is 433 g/mol. The van der Waals surface area contributed by atoms with Crippen molar-refractivity contribution in [2.24, 2.45) is 0 Å². The van der Waals surface area contributed by atoms with Gasteiger partial charge in [0.2, 0.25) is 0 Å². The smallest absolute Gasteiger partial charge is 0.337 e. The second kappa shape index (κ2) is 9.33. The van der Waals surface area contributed by atoms with Gasteiger partial charge in [-0.3, -0.25) is 4.98 Å². The Labute approximate surface area is 179 Å². The summed E-state index contributed by atoms with van der Waals surface area (Å²) in [6, 6.07) is 6.22. The van der Waals surface area contributed by atoms with E-state index in [0.717, 1.165) is 18.4 Å². The molecule has 0 spiro atoms. The number of hydrogen-bond donors (Lipinski definition) is 3. The number of halogens is 2. The van der Waals surface area contributed by atoms with Gasteiger partial charge in [0, 0.05) is 6.20 Å². The molecule has 0 fully saturated rings. The third-order valence-electron chi connectivity index (χ3n) is 4.91. The molecule has 0 bridgehead atoms. The zero-order chi connectivity index (χ0) is 21.0. The maximum absolute atomic E-state index is 14.3. The number of thiocarbonyl (C=S) groups is 1. The van der Waals surface area contributed by atoms with Crippen LogP contribution in [0.3, 0.4) is 0 Å². The van der Waals surface area contributed by atoms with Crippen LogP contribution < -0.4 is 10.6 Å². The number of nitrogens with zero attached hydrogens (tertiary/aromatic N) is 1. The first kappa shape index (κ1) is 21.2. The van der Waals surface area contributed by atoms with E-state index < -0.39 is 5.97 Å². The van der Waals surface area contributed by atoms with E-state index >= 15 is 0 Å². The maximum atomic E-state index is 14.3. The Morgan fingerprint density at radius 3 is 2.90 bits per heavy atom. The summed E-state index contributed by atoms with van der Waals surface area (Å²) in [4.78, 5) is 15.1. The molecular formula is C21H21ClFN3O2S. The molecular weight excluding hydrogens is 413 g/mol. The zero-order valence-corrected chi connectivity index (χ0v) is 17.4. The molecule has 2 aromatic rings. The van der Waals surface area contributed by atoms with Crippen molar-refractivity contribution in [3.05, 3.63) is 75.3 Å². The van der Waals surface area contributed by atoms with Gasteiger partial charge in [-0.2, -0.15) is 0 Å². The average Bonchev–Trinajstić information content (AvgIpc) is 2.87. The van der Waals surface area contributed by atoms with E-state index in [1.54, 1.807) is 6.07 Å². The Morgan fingerprint density at radius 1 is 1.41 bits per heavy atom. The second-order valence-electron chi connectivity index (χ2n) is 6.75. The van der Waals surface area contributed by atoms with Crippen molar-refractivity contribution in [1.82, 2.24) is 15.6 Å². The van der Waals surface area contributed by atoms with Crippen LogP contribution in [0.15, 0.2) is 42.1 Å². The molecule has 1 aliphatic rings. The Balaban J connectivity index is 1.72. The van der Waals surface area contributed by atoms with Crippen molar-refractivity contribution in [1.29, 1.82) is 0 Å². The Hall–Kier alpha value is -2.51. The number of aromatic carboxylic acids is 1.